The third kappa shape index (κ3) is 11.4. The number of thiol groups is 1. The molecule has 102 valence electrons. The molecule has 0 atom stereocenters. The van der Waals surface area contributed by atoms with E-state index in [9.17, 15) is 4.79 Å². The zero-order chi connectivity index (χ0) is 13.1. The second-order valence-electron chi connectivity index (χ2n) is 3.05. The van der Waals surface area contributed by atoms with Gasteiger partial charge in [0.1, 0.15) is 0 Å². The molecule has 0 aliphatic heterocycles. The number of rotatable bonds is 10. The Labute approximate surface area is 141 Å². The van der Waals surface area contributed by atoms with Crippen LogP contribution >= 0.6 is 73.5 Å². The molecule has 0 saturated heterocycles. The van der Waals surface area contributed by atoms with Gasteiger partial charge in [0.2, 0.25) is 0 Å². The Bertz CT molecular complexity index is 215. The lowest BCUT2D eigenvalue weighted by atomic mass is 10.4. The molecule has 0 amide bonds. The van der Waals surface area contributed by atoms with E-state index in [-0.39, 0.29) is 5.97 Å². The number of carbonyl (C=O) groups excluding carboxylic acids is 1. The summed E-state index contributed by atoms with van der Waals surface area (Å²) >= 11 is 8.70. The molecule has 0 unspecified atom stereocenters. The molecule has 4 nitrogen and oxygen atoms in total. The molecule has 0 aromatic heterocycles. The van der Waals surface area contributed by atoms with Crippen LogP contribution in [0.15, 0.2) is 0 Å². The highest BCUT2D eigenvalue weighted by molar-refractivity contribution is 14.2. The number of nitrogens with zero attached hydrogens (tertiary/aromatic N) is 2. The first-order valence-electron chi connectivity index (χ1n) is 5.08. The fourth-order valence-corrected chi connectivity index (χ4v) is 3.52. The van der Waals surface area contributed by atoms with Gasteiger partial charge in [-0.2, -0.15) is 3.71 Å². The predicted octanol–water partition coefficient (Wildman–Crippen LogP) is 3.77. The second kappa shape index (κ2) is 12.9. The van der Waals surface area contributed by atoms with Crippen LogP contribution in [0, 0.1) is 0 Å². The summed E-state index contributed by atoms with van der Waals surface area (Å²) in [4.78, 5) is 11.2. The Balaban J connectivity index is 3.65. The largest absolute Gasteiger partial charge is 0.466 e. The molecule has 17 heavy (non-hydrogen) atoms. The average molecular weight is 522 g/mol. The fourth-order valence-electron chi connectivity index (χ4n) is 1.05. The Hall–Kier alpha value is 1.90. The fraction of sp³-hybridized carbons (Fsp3) is 0.875. The van der Waals surface area contributed by atoms with Crippen LogP contribution in [0.25, 0.3) is 0 Å². The summed E-state index contributed by atoms with van der Waals surface area (Å²) in [6.45, 7) is 4.88. The number of carbonyl (C=O) groups is 1. The minimum Gasteiger partial charge on any atom is -0.466 e. The molecule has 0 N–H and O–H groups in total. The molecule has 0 heterocycles. The van der Waals surface area contributed by atoms with Crippen molar-refractivity contribution < 1.29 is 9.53 Å². The van der Waals surface area contributed by atoms with Gasteiger partial charge in [-0.1, -0.05) is 12.8 Å². The van der Waals surface area contributed by atoms with Gasteiger partial charge in [0.05, 0.1) is 13.0 Å². The standard InChI is InChI=1S/C8H16I2N2O2S3/c1-2-14-8(13)4-7-11(16-9)5-3-6-12(15)17-10/h15H,2-7H2,1H3. The summed E-state index contributed by atoms with van der Waals surface area (Å²) in [5.74, 6) is -0.124. The van der Waals surface area contributed by atoms with Gasteiger partial charge < -0.3 is 4.74 Å². The van der Waals surface area contributed by atoms with Crippen LogP contribution in [0.3, 0.4) is 0 Å². The second-order valence-corrected chi connectivity index (χ2v) is 7.40. The summed E-state index contributed by atoms with van der Waals surface area (Å²) < 4.78 is 8.95. The molecule has 9 heteroatoms. The van der Waals surface area contributed by atoms with Crippen LogP contribution < -0.4 is 0 Å². The number of hydrogen-bond donors (Lipinski definition) is 1. The van der Waals surface area contributed by atoms with Crippen molar-refractivity contribution >= 4 is 79.4 Å². The van der Waals surface area contributed by atoms with E-state index in [0.29, 0.717) is 13.0 Å². The lowest BCUT2D eigenvalue weighted by molar-refractivity contribution is -0.143. The van der Waals surface area contributed by atoms with Gasteiger partial charge in [-0.25, -0.2) is 4.31 Å². The molecule has 0 aromatic carbocycles. The predicted molar refractivity (Wildman–Crippen MR) is 96.4 cm³/mol. The summed E-state index contributed by atoms with van der Waals surface area (Å²) in [5.41, 5.74) is 0. The summed E-state index contributed by atoms with van der Waals surface area (Å²) in [7, 11) is 3.21. The van der Waals surface area contributed by atoms with Crippen molar-refractivity contribution in [3.8, 4) is 0 Å². The number of ether oxygens (including phenoxy) is 1. The van der Waals surface area contributed by atoms with E-state index in [2.05, 4.69) is 59.5 Å². The Kier molecular flexibility index (Phi) is 14.4. The van der Waals surface area contributed by atoms with Crippen LogP contribution in [0.5, 0.6) is 0 Å². The van der Waals surface area contributed by atoms with Crippen molar-refractivity contribution in [1.82, 2.24) is 8.02 Å². The summed E-state index contributed by atoms with van der Waals surface area (Å²) in [5, 5.41) is 0. The smallest absolute Gasteiger partial charge is 0.307 e. The molecular formula is C8H16I2N2O2S3. The molecule has 0 aliphatic carbocycles. The maximum absolute atomic E-state index is 11.2. The number of esters is 1. The Morgan fingerprint density at radius 2 is 2.00 bits per heavy atom. The van der Waals surface area contributed by atoms with Gasteiger partial charge in [0, 0.05) is 71.2 Å². The van der Waals surface area contributed by atoms with E-state index in [1.54, 1.807) is 18.2 Å². The van der Waals surface area contributed by atoms with Crippen LogP contribution in [0.1, 0.15) is 19.8 Å². The molecule has 0 aliphatic rings. The van der Waals surface area contributed by atoms with E-state index in [1.807, 2.05) is 10.6 Å². The average Bonchev–Trinajstić information content (AvgIpc) is 2.33. The van der Waals surface area contributed by atoms with Gasteiger partial charge >= 0.3 is 5.97 Å². The highest BCUT2D eigenvalue weighted by atomic mass is 127. The lowest BCUT2D eigenvalue weighted by Gasteiger charge is -2.18. The normalized spacial score (nSPS) is 11.2. The van der Waals surface area contributed by atoms with E-state index in [4.69, 9.17) is 4.74 Å². The number of halogens is 2. The monoisotopic (exact) mass is 522 g/mol. The van der Waals surface area contributed by atoms with Gasteiger partial charge in [0.25, 0.3) is 0 Å². The van der Waals surface area contributed by atoms with Crippen molar-refractivity contribution in [2.24, 2.45) is 0 Å². The van der Waals surface area contributed by atoms with Gasteiger partial charge in [-0.05, 0) is 22.5 Å². The first-order valence-corrected chi connectivity index (χ1v) is 12.1. The van der Waals surface area contributed by atoms with Crippen LogP contribution in [0.2, 0.25) is 0 Å². The molecule has 0 bridgehead atoms. The first-order chi connectivity index (χ1) is 8.13. The minimum absolute atomic E-state index is 0.124. The quantitative estimate of drug-likeness (QED) is 0.204. The van der Waals surface area contributed by atoms with Crippen molar-refractivity contribution in [2.75, 3.05) is 26.2 Å². The van der Waals surface area contributed by atoms with Gasteiger partial charge in [-0.15, -0.1) is 0 Å². The Morgan fingerprint density at radius 1 is 1.29 bits per heavy atom. The molecule has 0 rings (SSSR count). The van der Waals surface area contributed by atoms with E-state index in [0.717, 1.165) is 26.1 Å². The molecule has 0 radical (unpaired) electrons. The molecule has 0 saturated carbocycles. The molecule has 0 spiro atoms. The number of hydrogen-bond acceptors (Lipinski definition) is 7. The van der Waals surface area contributed by atoms with E-state index < -0.39 is 0 Å². The van der Waals surface area contributed by atoms with Gasteiger partial charge in [0.15, 0.2) is 0 Å². The SMILES string of the molecule is CCOC(=O)CCN(CCCN(S)SI)SI. The van der Waals surface area contributed by atoms with E-state index in [1.165, 1.54) is 0 Å². The third-order valence-corrected chi connectivity index (χ3v) is 7.18. The van der Waals surface area contributed by atoms with Gasteiger partial charge in [-0.3, -0.25) is 4.79 Å². The first kappa shape index (κ1) is 18.9. The third-order valence-electron chi connectivity index (χ3n) is 1.80. The zero-order valence-corrected chi connectivity index (χ0v) is 16.3. The summed E-state index contributed by atoms with van der Waals surface area (Å²) in [6, 6.07) is 0. The van der Waals surface area contributed by atoms with Crippen LogP contribution in [0.4, 0.5) is 0 Å². The molecular weight excluding hydrogens is 506 g/mol. The topological polar surface area (TPSA) is 32.8 Å². The van der Waals surface area contributed by atoms with E-state index >= 15 is 0 Å². The highest BCUT2D eigenvalue weighted by Gasteiger charge is 2.09. The minimum atomic E-state index is -0.124. The maximum Gasteiger partial charge on any atom is 0.307 e. The summed E-state index contributed by atoms with van der Waals surface area (Å²) in [6.07, 6.45) is 1.48. The maximum atomic E-state index is 11.2. The molecule has 0 aromatic rings. The van der Waals surface area contributed by atoms with Crippen molar-refractivity contribution in [3.05, 3.63) is 0 Å². The van der Waals surface area contributed by atoms with Crippen LogP contribution in [-0.2, 0) is 9.53 Å². The van der Waals surface area contributed by atoms with Crippen molar-refractivity contribution in [2.45, 2.75) is 19.8 Å². The molecule has 0 fully saturated rings. The van der Waals surface area contributed by atoms with Crippen molar-refractivity contribution in [3.63, 3.8) is 0 Å². The Morgan fingerprint density at radius 3 is 2.53 bits per heavy atom. The zero-order valence-electron chi connectivity index (χ0n) is 9.47. The van der Waals surface area contributed by atoms with Crippen molar-refractivity contribution in [1.29, 1.82) is 0 Å². The highest BCUT2D eigenvalue weighted by Crippen LogP contribution is 2.22. The van der Waals surface area contributed by atoms with Crippen LogP contribution in [-0.4, -0.2) is 40.2 Å². The lowest BCUT2D eigenvalue weighted by Crippen LogP contribution is -2.22.